The average Bonchev–Trinajstić information content (AvgIpc) is 3.33. The standard InChI is InChI=1S/C19H21N3O4S/c1-10-9-20-17(11(2)18(10)26-4)13-8-16(13)27(23,24)19-21-14-6-5-12(25-3)7-15(14)22-19/h5-7,9,13,16H,8H2,1-4H3,(H,21,22)/t13-,16+/m1/s1. The van der Waals surface area contributed by atoms with E-state index in [2.05, 4.69) is 15.0 Å². The van der Waals surface area contributed by atoms with Crippen LogP contribution in [0.2, 0.25) is 0 Å². The molecule has 1 aliphatic carbocycles. The summed E-state index contributed by atoms with van der Waals surface area (Å²) in [6.07, 6.45) is 2.26. The molecule has 1 fully saturated rings. The summed E-state index contributed by atoms with van der Waals surface area (Å²) in [5.74, 6) is 1.26. The van der Waals surface area contributed by atoms with Gasteiger partial charge in [0.05, 0.1) is 36.2 Å². The molecule has 0 radical (unpaired) electrons. The SMILES string of the molecule is COc1ccc2nc(S(=O)(=O)[C@H]3C[C@H]3c3ncc(C)c(OC)c3C)[nH]c2c1. The highest BCUT2D eigenvalue weighted by molar-refractivity contribution is 7.92. The molecule has 7 nitrogen and oxygen atoms in total. The second-order valence-electron chi connectivity index (χ2n) is 6.84. The van der Waals surface area contributed by atoms with Crippen LogP contribution in [0.15, 0.2) is 29.6 Å². The summed E-state index contributed by atoms with van der Waals surface area (Å²) in [5.41, 5.74) is 3.85. The van der Waals surface area contributed by atoms with E-state index in [1.54, 1.807) is 38.6 Å². The Kier molecular flexibility index (Phi) is 4.10. The number of aromatic amines is 1. The largest absolute Gasteiger partial charge is 0.497 e. The van der Waals surface area contributed by atoms with Gasteiger partial charge in [-0.2, -0.15) is 0 Å². The number of H-pyrrole nitrogens is 1. The fourth-order valence-corrected chi connectivity index (χ4v) is 5.38. The number of imidazole rings is 1. The summed E-state index contributed by atoms with van der Waals surface area (Å²) < 4.78 is 36.7. The third kappa shape index (κ3) is 2.84. The van der Waals surface area contributed by atoms with Crippen LogP contribution in [0.4, 0.5) is 0 Å². The second kappa shape index (κ2) is 6.23. The Balaban J connectivity index is 1.67. The number of rotatable bonds is 5. The van der Waals surface area contributed by atoms with E-state index in [9.17, 15) is 8.42 Å². The van der Waals surface area contributed by atoms with Crippen LogP contribution in [0, 0.1) is 13.8 Å². The molecule has 8 heteroatoms. The number of hydrogen-bond donors (Lipinski definition) is 1. The van der Waals surface area contributed by atoms with E-state index < -0.39 is 15.1 Å². The number of benzene rings is 1. The predicted molar refractivity (Wildman–Crippen MR) is 101 cm³/mol. The molecule has 0 amide bonds. The lowest BCUT2D eigenvalue weighted by Gasteiger charge is -2.12. The van der Waals surface area contributed by atoms with Gasteiger partial charge in [-0.1, -0.05) is 0 Å². The first kappa shape index (κ1) is 17.8. The molecule has 1 N–H and O–H groups in total. The van der Waals surface area contributed by atoms with Crippen molar-refractivity contribution in [1.82, 2.24) is 15.0 Å². The molecule has 3 aromatic rings. The van der Waals surface area contributed by atoms with Crippen LogP contribution in [-0.4, -0.2) is 42.8 Å². The number of nitrogens with one attached hydrogen (secondary N) is 1. The Morgan fingerprint density at radius 3 is 2.67 bits per heavy atom. The van der Waals surface area contributed by atoms with E-state index in [1.807, 2.05) is 13.8 Å². The molecule has 0 saturated heterocycles. The third-order valence-corrected chi connectivity index (χ3v) is 7.15. The summed E-state index contributed by atoms with van der Waals surface area (Å²) in [6, 6.07) is 5.23. The molecule has 0 spiro atoms. The molecular weight excluding hydrogens is 366 g/mol. The molecular formula is C19H21N3O4S. The fraction of sp³-hybridized carbons (Fsp3) is 0.368. The zero-order chi connectivity index (χ0) is 19.3. The van der Waals surface area contributed by atoms with Gasteiger partial charge in [0.25, 0.3) is 0 Å². The van der Waals surface area contributed by atoms with Gasteiger partial charge in [0.1, 0.15) is 11.5 Å². The number of nitrogens with zero attached hydrogens (tertiary/aromatic N) is 2. The summed E-state index contributed by atoms with van der Waals surface area (Å²) in [5, 5.41) is -0.534. The molecule has 2 atom stereocenters. The molecule has 0 unspecified atom stereocenters. The molecule has 4 rings (SSSR count). The lowest BCUT2D eigenvalue weighted by atomic mass is 10.1. The van der Waals surface area contributed by atoms with Crippen LogP contribution < -0.4 is 9.47 Å². The Morgan fingerprint density at radius 1 is 1.19 bits per heavy atom. The number of sulfone groups is 1. The van der Waals surface area contributed by atoms with Gasteiger partial charge in [0.15, 0.2) is 0 Å². The normalized spacial score (nSPS) is 19.3. The van der Waals surface area contributed by atoms with E-state index in [1.165, 1.54) is 0 Å². The number of aromatic nitrogens is 3. The Labute approximate surface area is 157 Å². The zero-order valence-corrected chi connectivity index (χ0v) is 16.4. The lowest BCUT2D eigenvalue weighted by Crippen LogP contribution is -2.12. The maximum absolute atomic E-state index is 13.1. The van der Waals surface area contributed by atoms with Gasteiger partial charge in [-0.15, -0.1) is 0 Å². The molecule has 0 aliphatic heterocycles. The number of fused-ring (bicyclic) bond motifs is 1. The van der Waals surface area contributed by atoms with Crippen molar-refractivity contribution in [3.8, 4) is 11.5 Å². The minimum absolute atomic E-state index is 0.00465. The predicted octanol–water partition coefficient (Wildman–Crippen LogP) is 2.92. The smallest absolute Gasteiger partial charge is 0.226 e. The van der Waals surface area contributed by atoms with Gasteiger partial charge in [-0.05, 0) is 32.4 Å². The maximum Gasteiger partial charge on any atom is 0.226 e. The van der Waals surface area contributed by atoms with Crippen molar-refractivity contribution in [2.75, 3.05) is 14.2 Å². The zero-order valence-electron chi connectivity index (χ0n) is 15.6. The van der Waals surface area contributed by atoms with Crippen LogP contribution in [0.3, 0.4) is 0 Å². The van der Waals surface area contributed by atoms with E-state index in [0.717, 1.165) is 22.6 Å². The monoisotopic (exact) mass is 387 g/mol. The van der Waals surface area contributed by atoms with Gasteiger partial charge >= 0.3 is 0 Å². The van der Waals surface area contributed by atoms with Crippen molar-refractivity contribution in [2.45, 2.75) is 36.6 Å². The molecule has 1 aromatic carbocycles. The average molecular weight is 387 g/mol. The van der Waals surface area contributed by atoms with E-state index in [0.29, 0.717) is 23.2 Å². The highest BCUT2D eigenvalue weighted by Crippen LogP contribution is 2.49. The minimum Gasteiger partial charge on any atom is -0.497 e. The highest BCUT2D eigenvalue weighted by atomic mass is 32.2. The second-order valence-corrected chi connectivity index (χ2v) is 8.92. The lowest BCUT2D eigenvalue weighted by molar-refractivity contribution is 0.407. The molecule has 0 bridgehead atoms. The Morgan fingerprint density at radius 2 is 1.96 bits per heavy atom. The number of hydrogen-bond acceptors (Lipinski definition) is 6. The quantitative estimate of drug-likeness (QED) is 0.723. The number of methoxy groups -OCH3 is 2. The molecule has 1 saturated carbocycles. The van der Waals surface area contributed by atoms with Gasteiger partial charge < -0.3 is 14.5 Å². The van der Waals surface area contributed by atoms with Crippen LogP contribution in [0.5, 0.6) is 11.5 Å². The van der Waals surface area contributed by atoms with Crippen molar-refractivity contribution >= 4 is 20.9 Å². The fourth-order valence-electron chi connectivity index (χ4n) is 3.59. The molecule has 2 aromatic heterocycles. The van der Waals surface area contributed by atoms with E-state index >= 15 is 0 Å². The minimum atomic E-state index is -3.58. The van der Waals surface area contributed by atoms with Gasteiger partial charge in [0, 0.05) is 29.3 Å². The van der Waals surface area contributed by atoms with Crippen LogP contribution in [0.1, 0.15) is 29.2 Å². The maximum atomic E-state index is 13.1. The highest BCUT2D eigenvalue weighted by Gasteiger charge is 2.51. The van der Waals surface area contributed by atoms with E-state index in [-0.39, 0.29) is 11.1 Å². The Bertz CT molecular complexity index is 1140. The Hall–Kier alpha value is -2.61. The topological polar surface area (TPSA) is 94.2 Å². The summed E-state index contributed by atoms with van der Waals surface area (Å²) in [7, 11) is -0.401. The molecule has 27 heavy (non-hydrogen) atoms. The van der Waals surface area contributed by atoms with Gasteiger partial charge in [-0.25, -0.2) is 13.4 Å². The molecule has 142 valence electrons. The van der Waals surface area contributed by atoms with Crippen molar-refractivity contribution < 1.29 is 17.9 Å². The first-order chi connectivity index (χ1) is 12.9. The van der Waals surface area contributed by atoms with Gasteiger partial charge in [-0.3, -0.25) is 4.98 Å². The number of aryl methyl sites for hydroxylation is 1. The van der Waals surface area contributed by atoms with E-state index in [4.69, 9.17) is 9.47 Å². The molecule has 2 heterocycles. The first-order valence-electron chi connectivity index (χ1n) is 8.64. The van der Waals surface area contributed by atoms with Gasteiger partial charge in [0.2, 0.25) is 15.0 Å². The van der Waals surface area contributed by atoms with Crippen molar-refractivity contribution in [3.05, 3.63) is 41.2 Å². The van der Waals surface area contributed by atoms with Crippen LogP contribution in [-0.2, 0) is 9.84 Å². The summed E-state index contributed by atoms with van der Waals surface area (Å²) >= 11 is 0. The third-order valence-electron chi connectivity index (χ3n) is 5.10. The number of pyridine rings is 1. The van der Waals surface area contributed by atoms with Crippen molar-refractivity contribution in [1.29, 1.82) is 0 Å². The molecule has 1 aliphatic rings. The van der Waals surface area contributed by atoms with Crippen LogP contribution >= 0.6 is 0 Å². The summed E-state index contributed by atoms with van der Waals surface area (Å²) in [6.45, 7) is 3.84. The van der Waals surface area contributed by atoms with Crippen LogP contribution in [0.25, 0.3) is 11.0 Å². The number of ether oxygens (including phenoxy) is 2. The summed E-state index contributed by atoms with van der Waals surface area (Å²) in [4.78, 5) is 11.7. The van der Waals surface area contributed by atoms with Crippen molar-refractivity contribution in [2.24, 2.45) is 0 Å². The first-order valence-corrected chi connectivity index (χ1v) is 10.2. The van der Waals surface area contributed by atoms with Crippen molar-refractivity contribution in [3.63, 3.8) is 0 Å².